The van der Waals surface area contributed by atoms with Crippen LogP contribution in [0.2, 0.25) is 0 Å². The van der Waals surface area contributed by atoms with Gasteiger partial charge in [-0.25, -0.2) is 8.78 Å². The second-order valence-corrected chi connectivity index (χ2v) is 11.1. The molecule has 0 bridgehead atoms. The lowest BCUT2D eigenvalue weighted by atomic mass is 9.81. The van der Waals surface area contributed by atoms with Gasteiger partial charge in [0.15, 0.2) is 0 Å². The van der Waals surface area contributed by atoms with Gasteiger partial charge in [-0.1, -0.05) is 50.6 Å². The van der Waals surface area contributed by atoms with Crippen molar-refractivity contribution >= 4 is 11.8 Å². The summed E-state index contributed by atoms with van der Waals surface area (Å²) in [6.07, 6.45) is 1.26. The van der Waals surface area contributed by atoms with E-state index in [1.54, 1.807) is 18.3 Å². The minimum Gasteiger partial charge on any atom is -0.383 e. The zero-order chi connectivity index (χ0) is 27.4. The van der Waals surface area contributed by atoms with Crippen molar-refractivity contribution in [3.8, 4) is 0 Å². The quantitative estimate of drug-likeness (QED) is 0.440. The Morgan fingerprint density at radius 2 is 1.68 bits per heavy atom. The molecular weight excluding hydrogens is 480 g/mol. The highest BCUT2D eigenvalue weighted by molar-refractivity contribution is 5.97. The summed E-state index contributed by atoms with van der Waals surface area (Å²) in [4.78, 5) is 26.0. The number of aliphatic hydroxyl groups is 1. The molecule has 1 aliphatic carbocycles. The summed E-state index contributed by atoms with van der Waals surface area (Å²) in [5.41, 5.74) is 0.357. The SMILES string of the molecule is Cc1ccc(C(=O)NC(C(=O)N[C@@H](CC(C)C)Cn2cc(C3(O)CCC(F)(F)CC3)nn2)C(C)C)cc1. The van der Waals surface area contributed by atoms with Crippen LogP contribution in [0.1, 0.15) is 81.4 Å². The Kier molecular flexibility index (Phi) is 9.05. The normalized spacial score (nSPS) is 18.4. The fourth-order valence-electron chi connectivity index (χ4n) is 4.62. The number of hydrogen-bond acceptors (Lipinski definition) is 5. The van der Waals surface area contributed by atoms with Crippen LogP contribution in [0.25, 0.3) is 0 Å². The van der Waals surface area contributed by atoms with Crippen LogP contribution in [0.15, 0.2) is 30.5 Å². The van der Waals surface area contributed by atoms with Gasteiger partial charge in [0, 0.05) is 24.4 Å². The standard InChI is InChI=1S/C27H39F2N5O3/c1-17(2)14-21(15-34-16-22(32-33-34)26(37)10-12-27(28,29)13-11-26)30-25(36)23(18(3)4)31-24(35)20-8-6-19(5)7-9-20/h6-9,16-18,21,23,37H,10-15H2,1-5H3,(H,30,36)(H,31,35)/t21-,23?/m0/s1. The van der Waals surface area contributed by atoms with Gasteiger partial charge >= 0.3 is 0 Å². The van der Waals surface area contributed by atoms with Gasteiger partial charge in [-0.05, 0) is 50.2 Å². The molecule has 2 aromatic rings. The van der Waals surface area contributed by atoms with Crippen molar-refractivity contribution in [1.29, 1.82) is 0 Å². The van der Waals surface area contributed by atoms with Gasteiger partial charge in [-0.15, -0.1) is 5.10 Å². The fourth-order valence-corrected chi connectivity index (χ4v) is 4.62. The van der Waals surface area contributed by atoms with Crippen LogP contribution in [0.5, 0.6) is 0 Å². The average molecular weight is 520 g/mol. The Morgan fingerprint density at radius 1 is 1.05 bits per heavy atom. The van der Waals surface area contributed by atoms with Crippen LogP contribution in [-0.4, -0.2) is 49.9 Å². The summed E-state index contributed by atoms with van der Waals surface area (Å²) in [7, 11) is 0. The number of amides is 2. The summed E-state index contributed by atoms with van der Waals surface area (Å²) < 4.78 is 28.7. The third kappa shape index (κ3) is 7.80. The predicted octanol–water partition coefficient (Wildman–Crippen LogP) is 3.97. The molecule has 1 aromatic carbocycles. The lowest BCUT2D eigenvalue weighted by Gasteiger charge is -2.34. The molecule has 1 unspecified atom stereocenters. The van der Waals surface area contributed by atoms with Crippen molar-refractivity contribution in [3.63, 3.8) is 0 Å². The maximum atomic E-state index is 13.6. The number of carbonyl (C=O) groups excluding carboxylic acids is 2. The Hall–Kier alpha value is -2.88. The molecule has 0 aliphatic heterocycles. The third-order valence-electron chi connectivity index (χ3n) is 6.88. The number of carbonyl (C=O) groups is 2. The van der Waals surface area contributed by atoms with Gasteiger partial charge in [0.1, 0.15) is 17.3 Å². The molecule has 1 aromatic heterocycles. The van der Waals surface area contributed by atoms with E-state index in [0.717, 1.165) is 5.56 Å². The van der Waals surface area contributed by atoms with E-state index in [9.17, 15) is 23.5 Å². The highest BCUT2D eigenvalue weighted by Crippen LogP contribution is 2.43. The first-order valence-corrected chi connectivity index (χ1v) is 13.0. The molecule has 1 heterocycles. The molecule has 204 valence electrons. The van der Waals surface area contributed by atoms with Crippen LogP contribution in [0.3, 0.4) is 0 Å². The van der Waals surface area contributed by atoms with Crippen LogP contribution < -0.4 is 10.6 Å². The van der Waals surface area contributed by atoms with Crippen molar-refractivity contribution in [2.45, 2.75) is 96.9 Å². The Labute approximate surface area is 217 Å². The Morgan fingerprint density at radius 3 is 2.24 bits per heavy atom. The van der Waals surface area contributed by atoms with Crippen molar-refractivity contribution < 1.29 is 23.5 Å². The molecule has 1 saturated carbocycles. The van der Waals surface area contributed by atoms with Crippen molar-refractivity contribution in [1.82, 2.24) is 25.6 Å². The van der Waals surface area contributed by atoms with Crippen molar-refractivity contribution in [3.05, 3.63) is 47.3 Å². The summed E-state index contributed by atoms with van der Waals surface area (Å²) in [5.74, 6) is -3.27. The van der Waals surface area contributed by atoms with Gasteiger partial charge in [0.25, 0.3) is 5.91 Å². The molecule has 0 saturated heterocycles. The molecule has 2 amide bonds. The van der Waals surface area contributed by atoms with E-state index >= 15 is 0 Å². The van der Waals surface area contributed by atoms with Gasteiger partial charge in [0.2, 0.25) is 11.8 Å². The maximum Gasteiger partial charge on any atom is 0.251 e. The largest absolute Gasteiger partial charge is 0.383 e. The van der Waals surface area contributed by atoms with Crippen LogP contribution in [0.4, 0.5) is 8.78 Å². The van der Waals surface area contributed by atoms with Gasteiger partial charge in [0.05, 0.1) is 12.7 Å². The number of halogens is 2. The lowest BCUT2D eigenvalue weighted by molar-refractivity contribution is -0.124. The molecule has 3 rings (SSSR count). The first-order chi connectivity index (χ1) is 17.3. The van der Waals surface area contributed by atoms with Crippen molar-refractivity contribution in [2.24, 2.45) is 11.8 Å². The topological polar surface area (TPSA) is 109 Å². The number of benzene rings is 1. The maximum absolute atomic E-state index is 13.6. The molecule has 0 radical (unpaired) electrons. The zero-order valence-electron chi connectivity index (χ0n) is 22.3. The molecule has 0 spiro atoms. The minimum absolute atomic E-state index is 0.0817. The monoisotopic (exact) mass is 519 g/mol. The number of alkyl halides is 2. The highest BCUT2D eigenvalue weighted by Gasteiger charge is 2.44. The minimum atomic E-state index is -2.77. The average Bonchev–Trinajstić information content (AvgIpc) is 3.28. The lowest BCUT2D eigenvalue weighted by Crippen LogP contribution is -2.53. The molecule has 10 heteroatoms. The predicted molar refractivity (Wildman–Crippen MR) is 136 cm³/mol. The van der Waals surface area contributed by atoms with E-state index in [1.807, 2.05) is 46.8 Å². The number of aryl methyl sites for hydroxylation is 1. The molecule has 37 heavy (non-hydrogen) atoms. The van der Waals surface area contributed by atoms with Gasteiger partial charge < -0.3 is 15.7 Å². The number of hydrogen-bond donors (Lipinski definition) is 3. The number of aromatic nitrogens is 3. The number of nitrogens with zero attached hydrogens (tertiary/aromatic N) is 3. The summed E-state index contributed by atoms with van der Waals surface area (Å²) >= 11 is 0. The number of nitrogens with one attached hydrogen (secondary N) is 2. The third-order valence-corrected chi connectivity index (χ3v) is 6.88. The van der Waals surface area contributed by atoms with E-state index in [1.165, 1.54) is 4.68 Å². The van der Waals surface area contributed by atoms with Crippen LogP contribution >= 0.6 is 0 Å². The van der Waals surface area contributed by atoms with Gasteiger partial charge in [-0.3, -0.25) is 14.3 Å². The Balaban J connectivity index is 1.68. The summed E-state index contributed by atoms with van der Waals surface area (Å²) in [5, 5.41) is 24.9. The molecule has 1 fully saturated rings. The van der Waals surface area contributed by atoms with Crippen molar-refractivity contribution in [2.75, 3.05) is 0 Å². The summed E-state index contributed by atoms with van der Waals surface area (Å²) in [6, 6.07) is 6.10. The van der Waals surface area contributed by atoms with E-state index in [0.29, 0.717) is 18.5 Å². The second-order valence-electron chi connectivity index (χ2n) is 11.1. The molecule has 8 nitrogen and oxygen atoms in total. The first-order valence-electron chi connectivity index (χ1n) is 13.0. The molecular formula is C27H39F2N5O3. The van der Waals surface area contributed by atoms with Crippen LogP contribution in [-0.2, 0) is 16.9 Å². The van der Waals surface area contributed by atoms with E-state index < -0.39 is 30.4 Å². The summed E-state index contributed by atoms with van der Waals surface area (Å²) in [6.45, 7) is 10.0. The van der Waals surface area contributed by atoms with E-state index in [2.05, 4.69) is 20.9 Å². The second kappa shape index (κ2) is 11.7. The smallest absolute Gasteiger partial charge is 0.251 e. The van der Waals surface area contributed by atoms with Gasteiger partial charge in [-0.2, -0.15) is 0 Å². The molecule has 3 N–H and O–H groups in total. The molecule has 1 aliphatic rings. The molecule has 2 atom stereocenters. The fraction of sp³-hybridized carbons (Fsp3) is 0.630. The van der Waals surface area contributed by atoms with E-state index in [-0.39, 0.29) is 48.2 Å². The first kappa shape index (κ1) is 28.7. The number of rotatable bonds is 10. The zero-order valence-corrected chi connectivity index (χ0v) is 22.3. The Bertz CT molecular complexity index is 1060. The highest BCUT2D eigenvalue weighted by atomic mass is 19.3. The van der Waals surface area contributed by atoms with E-state index in [4.69, 9.17) is 0 Å². The van der Waals surface area contributed by atoms with Crippen LogP contribution in [0, 0.1) is 18.8 Å².